The van der Waals surface area contributed by atoms with E-state index in [-0.39, 0.29) is 5.54 Å². The number of ether oxygens (including phenoxy) is 1. The van der Waals surface area contributed by atoms with Crippen LogP contribution in [0.1, 0.15) is 32.1 Å². The van der Waals surface area contributed by atoms with Gasteiger partial charge in [-0.2, -0.15) is 0 Å². The monoisotopic (exact) mass is 199 g/mol. The topological polar surface area (TPSA) is 41.5 Å². The third kappa shape index (κ3) is 2.27. The van der Waals surface area contributed by atoms with Crippen molar-refractivity contribution in [3.63, 3.8) is 0 Å². The summed E-state index contributed by atoms with van der Waals surface area (Å²) in [6, 6.07) is 0. The highest BCUT2D eigenvalue weighted by Gasteiger charge is 2.36. The molecule has 0 bridgehead atoms. The second-order valence-electron chi connectivity index (χ2n) is 4.76. The number of hydrogen-bond acceptors (Lipinski definition) is 3. The molecule has 1 aliphatic heterocycles. The van der Waals surface area contributed by atoms with Gasteiger partial charge in [-0.15, -0.1) is 0 Å². The molecule has 1 aliphatic carbocycles. The highest BCUT2D eigenvalue weighted by molar-refractivity contribution is 4.95. The first-order chi connectivity index (χ1) is 6.85. The summed E-state index contributed by atoms with van der Waals surface area (Å²) in [5.41, 5.74) is 0.0669. The summed E-state index contributed by atoms with van der Waals surface area (Å²) in [4.78, 5) is 0. The minimum absolute atomic E-state index is 0.0669. The molecule has 3 nitrogen and oxygen atoms in total. The molecule has 1 saturated carbocycles. The molecule has 14 heavy (non-hydrogen) atoms. The van der Waals surface area contributed by atoms with E-state index < -0.39 is 0 Å². The quantitative estimate of drug-likeness (QED) is 0.707. The Hall–Kier alpha value is -0.120. The van der Waals surface area contributed by atoms with Gasteiger partial charge in [0.25, 0.3) is 0 Å². The van der Waals surface area contributed by atoms with E-state index in [1.54, 1.807) is 0 Å². The molecule has 1 unspecified atom stereocenters. The molecule has 1 saturated heterocycles. The van der Waals surface area contributed by atoms with Crippen molar-refractivity contribution < 1.29 is 9.84 Å². The van der Waals surface area contributed by atoms with Crippen molar-refractivity contribution in [2.45, 2.75) is 37.6 Å². The largest absolute Gasteiger partial charge is 0.394 e. The van der Waals surface area contributed by atoms with E-state index in [0.717, 1.165) is 32.6 Å². The first-order valence-electron chi connectivity index (χ1n) is 5.78. The van der Waals surface area contributed by atoms with Gasteiger partial charge in [-0.3, -0.25) is 0 Å². The SMILES string of the molecule is OCC1(NCC2CCCOC2)CCC1. The average molecular weight is 199 g/mol. The van der Waals surface area contributed by atoms with Gasteiger partial charge in [0.2, 0.25) is 0 Å². The predicted octanol–water partition coefficient (Wildman–Crippen LogP) is 0.918. The van der Waals surface area contributed by atoms with Gasteiger partial charge in [0, 0.05) is 18.7 Å². The molecule has 2 N–H and O–H groups in total. The second-order valence-corrected chi connectivity index (χ2v) is 4.76. The van der Waals surface area contributed by atoms with Crippen molar-refractivity contribution in [3.8, 4) is 0 Å². The maximum atomic E-state index is 9.27. The first kappa shape index (κ1) is 10.4. The Bertz CT molecular complexity index is 169. The van der Waals surface area contributed by atoms with Gasteiger partial charge in [-0.1, -0.05) is 0 Å². The van der Waals surface area contributed by atoms with Crippen molar-refractivity contribution in [3.05, 3.63) is 0 Å². The molecule has 1 heterocycles. The lowest BCUT2D eigenvalue weighted by molar-refractivity contribution is 0.0371. The Balaban J connectivity index is 1.69. The van der Waals surface area contributed by atoms with E-state index in [0.29, 0.717) is 12.5 Å². The standard InChI is InChI=1S/C11H21NO2/c13-9-11(4-2-5-11)12-7-10-3-1-6-14-8-10/h10,12-13H,1-9H2. The van der Waals surface area contributed by atoms with E-state index in [2.05, 4.69) is 5.32 Å². The third-order valence-electron chi connectivity index (χ3n) is 3.63. The van der Waals surface area contributed by atoms with Crippen LogP contribution in [0.2, 0.25) is 0 Å². The van der Waals surface area contributed by atoms with Crippen LogP contribution in [-0.4, -0.2) is 37.0 Å². The maximum Gasteiger partial charge on any atom is 0.0613 e. The van der Waals surface area contributed by atoms with E-state index in [9.17, 15) is 5.11 Å². The van der Waals surface area contributed by atoms with Crippen LogP contribution >= 0.6 is 0 Å². The molecule has 0 aromatic heterocycles. The minimum atomic E-state index is 0.0669. The molecule has 2 fully saturated rings. The normalized spacial score (nSPS) is 31.1. The number of hydrogen-bond donors (Lipinski definition) is 2. The first-order valence-corrected chi connectivity index (χ1v) is 5.78. The van der Waals surface area contributed by atoms with Crippen molar-refractivity contribution in [1.82, 2.24) is 5.32 Å². The van der Waals surface area contributed by atoms with Crippen LogP contribution in [0.25, 0.3) is 0 Å². The lowest BCUT2D eigenvalue weighted by Gasteiger charge is -2.42. The fourth-order valence-electron chi connectivity index (χ4n) is 2.32. The Morgan fingerprint density at radius 3 is 2.71 bits per heavy atom. The van der Waals surface area contributed by atoms with Gasteiger partial charge in [0.1, 0.15) is 0 Å². The summed E-state index contributed by atoms with van der Waals surface area (Å²) in [6.07, 6.45) is 6.00. The molecule has 2 aliphatic rings. The summed E-state index contributed by atoms with van der Waals surface area (Å²) in [7, 11) is 0. The Morgan fingerprint density at radius 2 is 2.21 bits per heavy atom. The van der Waals surface area contributed by atoms with E-state index in [4.69, 9.17) is 4.74 Å². The molecule has 1 atom stereocenters. The molecule has 82 valence electrons. The van der Waals surface area contributed by atoms with Crippen LogP contribution in [0.4, 0.5) is 0 Å². The molecule has 0 aromatic carbocycles. The van der Waals surface area contributed by atoms with Crippen molar-refractivity contribution >= 4 is 0 Å². The number of aliphatic hydroxyl groups excluding tert-OH is 1. The fourth-order valence-corrected chi connectivity index (χ4v) is 2.32. The molecule has 0 spiro atoms. The van der Waals surface area contributed by atoms with E-state index in [1.165, 1.54) is 19.3 Å². The zero-order valence-corrected chi connectivity index (χ0v) is 8.80. The lowest BCUT2D eigenvalue weighted by atomic mass is 9.77. The van der Waals surface area contributed by atoms with Crippen LogP contribution in [0.5, 0.6) is 0 Å². The van der Waals surface area contributed by atoms with Crippen LogP contribution in [0.3, 0.4) is 0 Å². The number of aliphatic hydroxyl groups is 1. The van der Waals surface area contributed by atoms with Gasteiger partial charge in [0.15, 0.2) is 0 Å². The summed E-state index contributed by atoms with van der Waals surface area (Å²) >= 11 is 0. The molecule has 2 rings (SSSR count). The summed E-state index contributed by atoms with van der Waals surface area (Å²) < 4.78 is 5.43. The maximum absolute atomic E-state index is 9.27. The second kappa shape index (κ2) is 4.60. The van der Waals surface area contributed by atoms with Crippen molar-refractivity contribution in [2.75, 3.05) is 26.4 Å². The highest BCUT2D eigenvalue weighted by Crippen LogP contribution is 2.31. The number of rotatable bonds is 4. The van der Waals surface area contributed by atoms with Crippen LogP contribution in [-0.2, 0) is 4.74 Å². The Kier molecular flexibility index (Phi) is 3.42. The molecule has 0 radical (unpaired) electrons. The third-order valence-corrected chi connectivity index (χ3v) is 3.63. The number of nitrogens with one attached hydrogen (secondary N) is 1. The van der Waals surface area contributed by atoms with Gasteiger partial charge in [-0.25, -0.2) is 0 Å². The minimum Gasteiger partial charge on any atom is -0.394 e. The van der Waals surface area contributed by atoms with Crippen LogP contribution in [0.15, 0.2) is 0 Å². The van der Waals surface area contributed by atoms with Gasteiger partial charge < -0.3 is 15.2 Å². The summed E-state index contributed by atoms with van der Waals surface area (Å²) in [5, 5.41) is 12.8. The zero-order chi connectivity index (χ0) is 9.86. The zero-order valence-electron chi connectivity index (χ0n) is 8.80. The van der Waals surface area contributed by atoms with Crippen molar-refractivity contribution in [2.24, 2.45) is 5.92 Å². The van der Waals surface area contributed by atoms with E-state index >= 15 is 0 Å². The van der Waals surface area contributed by atoms with Gasteiger partial charge in [-0.05, 0) is 38.0 Å². The highest BCUT2D eigenvalue weighted by atomic mass is 16.5. The predicted molar refractivity (Wildman–Crippen MR) is 55.2 cm³/mol. The molecular weight excluding hydrogens is 178 g/mol. The Labute approximate surface area is 85.8 Å². The van der Waals surface area contributed by atoms with Crippen molar-refractivity contribution in [1.29, 1.82) is 0 Å². The molecule has 0 aromatic rings. The van der Waals surface area contributed by atoms with E-state index in [1.807, 2.05) is 0 Å². The summed E-state index contributed by atoms with van der Waals surface area (Å²) in [6.45, 7) is 3.14. The van der Waals surface area contributed by atoms with Crippen LogP contribution in [0, 0.1) is 5.92 Å². The smallest absolute Gasteiger partial charge is 0.0613 e. The molecular formula is C11H21NO2. The molecule has 3 heteroatoms. The molecule has 0 amide bonds. The fraction of sp³-hybridized carbons (Fsp3) is 1.00. The average Bonchev–Trinajstić information content (AvgIpc) is 2.19. The lowest BCUT2D eigenvalue weighted by Crippen LogP contribution is -2.55. The summed E-state index contributed by atoms with van der Waals surface area (Å²) in [5.74, 6) is 0.660. The van der Waals surface area contributed by atoms with Gasteiger partial charge in [0.05, 0.1) is 13.2 Å². The Morgan fingerprint density at radius 1 is 1.36 bits per heavy atom. The van der Waals surface area contributed by atoms with Crippen LogP contribution < -0.4 is 5.32 Å². The van der Waals surface area contributed by atoms with Gasteiger partial charge >= 0.3 is 0 Å².